The van der Waals surface area contributed by atoms with Gasteiger partial charge in [-0.2, -0.15) is 0 Å². The molecule has 1 aliphatic heterocycles. The minimum Gasteiger partial charge on any atom is -0.482 e. The Bertz CT molecular complexity index is 478. The first-order valence-corrected chi connectivity index (χ1v) is 5.83. The SMILES string of the molecule is CC1=C(/C=C\NCc2ccccc2)OCC(=O)N1. The molecule has 2 rings (SSSR count). The second kappa shape index (κ2) is 5.91. The second-order valence-corrected chi connectivity index (χ2v) is 4.03. The highest BCUT2D eigenvalue weighted by molar-refractivity contribution is 5.80. The van der Waals surface area contributed by atoms with Crippen LogP contribution in [0.25, 0.3) is 0 Å². The molecule has 0 atom stereocenters. The summed E-state index contributed by atoms with van der Waals surface area (Å²) >= 11 is 0. The predicted molar refractivity (Wildman–Crippen MR) is 69.2 cm³/mol. The lowest BCUT2D eigenvalue weighted by Crippen LogP contribution is -2.31. The molecule has 18 heavy (non-hydrogen) atoms. The van der Waals surface area contributed by atoms with Gasteiger partial charge in [0.15, 0.2) is 6.61 Å². The molecule has 0 aliphatic carbocycles. The third-order valence-electron chi connectivity index (χ3n) is 2.56. The van der Waals surface area contributed by atoms with Crippen LogP contribution >= 0.6 is 0 Å². The van der Waals surface area contributed by atoms with Gasteiger partial charge in [0.05, 0.1) is 5.70 Å². The zero-order valence-electron chi connectivity index (χ0n) is 10.3. The van der Waals surface area contributed by atoms with E-state index >= 15 is 0 Å². The predicted octanol–water partition coefficient (Wildman–Crippen LogP) is 1.67. The Balaban J connectivity index is 1.85. The summed E-state index contributed by atoms with van der Waals surface area (Å²) in [5.41, 5.74) is 1.95. The van der Waals surface area contributed by atoms with Crippen molar-refractivity contribution in [3.05, 3.63) is 59.6 Å². The van der Waals surface area contributed by atoms with Crippen LogP contribution in [0.1, 0.15) is 12.5 Å². The van der Waals surface area contributed by atoms with Crippen LogP contribution in [-0.2, 0) is 16.1 Å². The van der Waals surface area contributed by atoms with E-state index in [4.69, 9.17) is 4.74 Å². The number of ether oxygens (including phenoxy) is 1. The minimum atomic E-state index is -0.109. The van der Waals surface area contributed by atoms with Crippen molar-refractivity contribution in [1.29, 1.82) is 0 Å². The van der Waals surface area contributed by atoms with Crippen LogP contribution in [0.15, 0.2) is 54.1 Å². The molecular weight excluding hydrogens is 228 g/mol. The fourth-order valence-electron chi connectivity index (χ4n) is 1.64. The van der Waals surface area contributed by atoms with Crippen molar-refractivity contribution in [2.75, 3.05) is 6.61 Å². The Morgan fingerprint density at radius 3 is 2.89 bits per heavy atom. The van der Waals surface area contributed by atoms with Crippen molar-refractivity contribution in [3.8, 4) is 0 Å². The van der Waals surface area contributed by atoms with E-state index in [1.54, 1.807) is 0 Å². The molecule has 1 aromatic carbocycles. The molecule has 0 saturated carbocycles. The maximum absolute atomic E-state index is 11.0. The van der Waals surface area contributed by atoms with Crippen molar-refractivity contribution in [2.24, 2.45) is 0 Å². The van der Waals surface area contributed by atoms with Gasteiger partial charge in [0.25, 0.3) is 5.91 Å². The van der Waals surface area contributed by atoms with E-state index in [-0.39, 0.29) is 12.5 Å². The molecular formula is C14H16N2O2. The third-order valence-corrected chi connectivity index (χ3v) is 2.56. The molecule has 0 spiro atoms. The Morgan fingerprint density at radius 2 is 2.17 bits per heavy atom. The van der Waals surface area contributed by atoms with Gasteiger partial charge in [-0.25, -0.2) is 0 Å². The first-order valence-electron chi connectivity index (χ1n) is 5.83. The van der Waals surface area contributed by atoms with Crippen molar-refractivity contribution in [2.45, 2.75) is 13.5 Å². The summed E-state index contributed by atoms with van der Waals surface area (Å²) in [6.45, 7) is 2.65. The number of hydrogen-bond acceptors (Lipinski definition) is 3. The number of amides is 1. The Morgan fingerprint density at radius 1 is 1.39 bits per heavy atom. The molecule has 1 aliphatic rings. The molecule has 4 heteroatoms. The Labute approximate surface area is 106 Å². The van der Waals surface area contributed by atoms with Crippen LogP contribution in [0.3, 0.4) is 0 Å². The van der Waals surface area contributed by atoms with Gasteiger partial charge in [0, 0.05) is 12.7 Å². The number of benzene rings is 1. The molecule has 0 unspecified atom stereocenters. The summed E-state index contributed by atoms with van der Waals surface area (Å²) in [5, 5.41) is 5.90. The van der Waals surface area contributed by atoms with Crippen molar-refractivity contribution >= 4 is 5.91 Å². The molecule has 0 aromatic heterocycles. The third kappa shape index (κ3) is 3.38. The first kappa shape index (κ1) is 12.2. The molecule has 2 N–H and O–H groups in total. The van der Waals surface area contributed by atoms with Crippen LogP contribution in [0.2, 0.25) is 0 Å². The number of rotatable bonds is 4. The van der Waals surface area contributed by atoms with Gasteiger partial charge in [0.2, 0.25) is 0 Å². The summed E-state index contributed by atoms with van der Waals surface area (Å²) in [6.07, 6.45) is 3.64. The minimum absolute atomic E-state index is 0.0791. The van der Waals surface area contributed by atoms with Crippen LogP contribution in [0.4, 0.5) is 0 Å². The molecule has 94 valence electrons. The molecule has 4 nitrogen and oxygen atoms in total. The Kier molecular flexibility index (Phi) is 4.02. The maximum atomic E-state index is 11.0. The summed E-state index contributed by atoms with van der Waals surface area (Å²) < 4.78 is 5.30. The molecule has 0 fully saturated rings. The van der Waals surface area contributed by atoms with Gasteiger partial charge in [0.1, 0.15) is 5.76 Å². The summed E-state index contributed by atoms with van der Waals surface area (Å²) in [4.78, 5) is 11.0. The van der Waals surface area contributed by atoms with E-state index in [9.17, 15) is 4.79 Å². The number of carbonyl (C=O) groups excluding carboxylic acids is 1. The smallest absolute Gasteiger partial charge is 0.262 e. The molecule has 0 saturated heterocycles. The van der Waals surface area contributed by atoms with E-state index in [1.165, 1.54) is 5.56 Å². The highest BCUT2D eigenvalue weighted by Gasteiger charge is 2.13. The van der Waals surface area contributed by atoms with Crippen molar-refractivity contribution in [1.82, 2.24) is 10.6 Å². The lowest BCUT2D eigenvalue weighted by atomic mass is 10.2. The summed E-state index contributed by atoms with van der Waals surface area (Å²) in [7, 11) is 0. The van der Waals surface area contributed by atoms with Crippen molar-refractivity contribution in [3.63, 3.8) is 0 Å². The van der Waals surface area contributed by atoms with Crippen LogP contribution in [0, 0.1) is 0 Å². The van der Waals surface area contributed by atoms with Crippen LogP contribution in [0.5, 0.6) is 0 Å². The Hall–Kier alpha value is -2.23. The largest absolute Gasteiger partial charge is 0.482 e. The molecule has 1 heterocycles. The number of nitrogens with one attached hydrogen (secondary N) is 2. The van der Waals surface area contributed by atoms with Crippen LogP contribution in [-0.4, -0.2) is 12.5 Å². The van der Waals surface area contributed by atoms with E-state index < -0.39 is 0 Å². The lowest BCUT2D eigenvalue weighted by molar-refractivity contribution is -0.124. The molecule has 1 amide bonds. The fourth-order valence-corrected chi connectivity index (χ4v) is 1.64. The average molecular weight is 244 g/mol. The fraction of sp³-hybridized carbons (Fsp3) is 0.214. The van der Waals surface area contributed by atoms with Crippen LogP contribution < -0.4 is 10.6 Å². The number of hydrogen-bond donors (Lipinski definition) is 2. The molecule has 0 bridgehead atoms. The van der Waals surface area contributed by atoms with Gasteiger partial charge in [-0.05, 0) is 18.6 Å². The summed E-state index contributed by atoms with van der Waals surface area (Å²) in [6, 6.07) is 10.1. The number of allylic oxidation sites excluding steroid dienone is 2. The monoisotopic (exact) mass is 244 g/mol. The summed E-state index contributed by atoms with van der Waals surface area (Å²) in [5.74, 6) is 0.581. The number of carbonyl (C=O) groups is 1. The van der Waals surface area contributed by atoms with E-state index in [0.717, 1.165) is 12.2 Å². The first-order chi connectivity index (χ1) is 8.75. The van der Waals surface area contributed by atoms with Gasteiger partial charge >= 0.3 is 0 Å². The quantitative estimate of drug-likeness (QED) is 0.847. The van der Waals surface area contributed by atoms with E-state index in [0.29, 0.717) is 5.76 Å². The van der Waals surface area contributed by atoms with Gasteiger partial charge in [-0.3, -0.25) is 4.79 Å². The highest BCUT2D eigenvalue weighted by atomic mass is 16.5. The second-order valence-electron chi connectivity index (χ2n) is 4.03. The van der Waals surface area contributed by atoms with E-state index in [2.05, 4.69) is 22.8 Å². The standard InChI is InChI=1S/C14H16N2O2/c1-11-13(18-10-14(17)16-11)7-8-15-9-12-5-3-2-4-6-12/h2-8,15H,9-10H2,1H3,(H,16,17)/b8-7-. The zero-order chi connectivity index (χ0) is 12.8. The van der Waals surface area contributed by atoms with Gasteiger partial charge in [-0.1, -0.05) is 30.3 Å². The van der Waals surface area contributed by atoms with Gasteiger partial charge < -0.3 is 15.4 Å². The maximum Gasteiger partial charge on any atom is 0.262 e. The topological polar surface area (TPSA) is 50.4 Å². The van der Waals surface area contributed by atoms with Crippen molar-refractivity contribution < 1.29 is 9.53 Å². The highest BCUT2D eigenvalue weighted by Crippen LogP contribution is 2.09. The molecule has 0 radical (unpaired) electrons. The molecule has 1 aromatic rings. The lowest BCUT2D eigenvalue weighted by Gasteiger charge is -2.17. The van der Waals surface area contributed by atoms with Gasteiger partial charge in [-0.15, -0.1) is 0 Å². The normalized spacial score (nSPS) is 15.5. The van der Waals surface area contributed by atoms with E-state index in [1.807, 2.05) is 37.4 Å². The zero-order valence-corrected chi connectivity index (χ0v) is 10.3. The average Bonchev–Trinajstić information content (AvgIpc) is 2.38.